The molecule has 0 bridgehead atoms. The molecule has 4 aliphatic rings. The van der Waals surface area contributed by atoms with Crippen molar-refractivity contribution in [1.82, 2.24) is 15.5 Å². The predicted octanol–water partition coefficient (Wildman–Crippen LogP) is 1.74. The predicted molar refractivity (Wildman–Crippen MR) is 91.2 cm³/mol. The molecule has 23 heavy (non-hydrogen) atoms. The standard InChI is InChI=1S/C18H30N4O/c1-2-19-16(21-12-18(7-8-18)14-4-5-14)22-9-3-6-17(13-22)10-15(23)20-11-17/h14H,2-13H2,1H3,(H,19,21)(H,20,23). The Labute approximate surface area is 139 Å². The maximum absolute atomic E-state index is 11.7. The van der Waals surface area contributed by atoms with E-state index in [-0.39, 0.29) is 11.3 Å². The fraction of sp³-hybridized carbons (Fsp3) is 0.889. The van der Waals surface area contributed by atoms with Crippen molar-refractivity contribution in [1.29, 1.82) is 0 Å². The number of likely N-dealkylation sites (tertiary alicyclic amines) is 1. The Morgan fingerprint density at radius 2 is 2.22 bits per heavy atom. The number of nitrogens with one attached hydrogen (secondary N) is 2. The van der Waals surface area contributed by atoms with E-state index >= 15 is 0 Å². The minimum atomic E-state index is 0.138. The Morgan fingerprint density at radius 3 is 2.83 bits per heavy atom. The van der Waals surface area contributed by atoms with Gasteiger partial charge in [-0.3, -0.25) is 9.79 Å². The molecule has 4 fully saturated rings. The highest BCUT2D eigenvalue weighted by molar-refractivity contribution is 5.81. The maximum atomic E-state index is 11.7. The average Bonchev–Trinajstić information content (AvgIpc) is 3.43. The van der Waals surface area contributed by atoms with Gasteiger partial charge in [0.05, 0.1) is 0 Å². The Morgan fingerprint density at radius 1 is 1.39 bits per heavy atom. The lowest BCUT2D eigenvalue weighted by atomic mass is 9.79. The summed E-state index contributed by atoms with van der Waals surface area (Å²) in [5.41, 5.74) is 0.693. The molecule has 1 atom stereocenters. The molecule has 1 amide bonds. The smallest absolute Gasteiger partial charge is 0.220 e. The van der Waals surface area contributed by atoms with E-state index in [2.05, 4.69) is 22.5 Å². The van der Waals surface area contributed by atoms with Gasteiger partial charge in [0.25, 0.3) is 0 Å². The van der Waals surface area contributed by atoms with Gasteiger partial charge in [-0.15, -0.1) is 0 Å². The fourth-order valence-corrected chi connectivity index (χ4v) is 4.64. The summed E-state index contributed by atoms with van der Waals surface area (Å²) in [4.78, 5) is 19.1. The molecule has 2 heterocycles. The van der Waals surface area contributed by atoms with Crippen molar-refractivity contribution in [3.8, 4) is 0 Å². The van der Waals surface area contributed by atoms with Crippen molar-refractivity contribution in [3.63, 3.8) is 0 Å². The molecule has 0 aromatic rings. The van der Waals surface area contributed by atoms with Crippen LogP contribution in [-0.4, -0.2) is 49.5 Å². The molecule has 2 saturated heterocycles. The van der Waals surface area contributed by atoms with E-state index in [4.69, 9.17) is 4.99 Å². The first-order chi connectivity index (χ1) is 11.1. The van der Waals surface area contributed by atoms with Gasteiger partial charge >= 0.3 is 0 Å². The van der Waals surface area contributed by atoms with Gasteiger partial charge in [0.1, 0.15) is 0 Å². The lowest BCUT2D eigenvalue weighted by Crippen LogP contribution is -2.51. The maximum Gasteiger partial charge on any atom is 0.220 e. The van der Waals surface area contributed by atoms with E-state index in [1.165, 1.54) is 25.7 Å². The molecular weight excluding hydrogens is 288 g/mol. The molecule has 0 aromatic carbocycles. The van der Waals surface area contributed by atoms with Gasteiger partial charge in [-0.05, 0) is 56.8 Å². The van der Waals surface area contributed by atoms with Crippen LogP contribution in [0.2, 0.25) is 0 Å². The van der Waals surface area contributed by atoms with Crippen molar-refractivity contribution in [2.75, 3.05) is 32.7 Å². The number of piperidine rings is 1. The van der Waals surface area contributed by atoms with E-state index < -0.39 is 0 Å². The van der Waals surface area contributed by atoms with Crippen LogP contribution in [0.25, 0.3) is 0 Å². The van der Waals surface area contributed by atoms with Gasteiger partial charge in [0.2, 0.25) is 5.91 Å². The van der Waals surface area contributed by atoms with Crippen molar-refractivity contribution >= 4 is 11.9 Å². The van der Waals surface area contributed by atoms with Gasteiger partial charge < -0.3 is 15.5 Å². The summed E-state index contributed by atoms with van der Waals surface area (Å²) in [6.45, 7) is 6.93. The monoisotopic (exact) mass is 318 g/mol. The average molecular weight is 318 g/mol. The zero-order valence-corrected chi connectivity index (χ0v) is 14.4. The second kappa shape index (κ2) is 5.67. The van der Waals surface area contributed by atoms with Gasteiger partial charge in [-0.1, -0.05) is 0 Å². The molecule has 0 radical (unpaired) electrons. The largest absolute Gasteiger partial charge is 0.357 e. The van der Waals surface area contributed by atoms with E-state index in [9.17, 15) is 4.79 Å². The fourth-order valence-electron chi connectivity index (χ4n) is 4.64. The molecular formula is C18H30N4O. The summed E-state index contributed by atoms with van der Waals surface area (Å²) in [7, 11) is 0. The van der Waals surface area contributed by atoms with Crippen LogP contribution in [0, 0.1) is 16.7 Å². The number of hydrogen-bond donors (Lipinski definition) is 2. The summed E-state index contributed by atoms with van der Waals surface area (Å²) in [6, 6.07) is 0. The lowest BCUT2D eigenvalue weighted by molar-refractivity contribution is -0.119. The summed E-state index contributed by atoms with van der Waals surface area (Å²) in [6.07, 6.45) is 8.61. The molecule has 0 aromatic heterocycles. The van der Waals surface area contributed by atoms with Crippen LogP contribution in [-0.2, 0) is 4.79 Å². The van der Waals surface area contributed by atoms with E-state index in [0.717, 1.165) is 57.4 Å². The first kappa shape index (κ1) is 15.3. The van der Waals surface area contributed by atoms with Gasteiger partial charge in [0, 0.05) is 44.6 Å². The SMILES string of the molecule is CCNC(=NCC1(C2CC2)CC1)N1CCCC2(CNC(=O)C2)C1. The highest BCUT2D eigenvalue weighted by Gasteiger charge is 2.53. The Balaban J connectivity index is 1.44. The zero-order valence-electron chi connectivity index (χ0n) is 14.4. The van der Waals surface area contributed by atoms with Crippen LogP contribution in [0.15, 0.2) is 4.99 Å². The number of hydrogen-bond acceptors (Lipinski definition) is 2. The van der Waals surface area contributed by atoms with Crippen molar-refractivity contribution in [2.45, 2.75) is 51.9 Å². The topological polar surface area (TPSA) is 56.7 Å². The van der Waals surface area contributed by atoms with E-state index in [1.807, 2.05) is 0 Å². The molecule has 5 nitrogen and oxygen atoms in total. The summed E-state index contributed by atoms with van der Waals surface area (Å²) < 4.78 is 0. The quantitative estimate of drug-likeness (QED) is 0.613. The third kappa shape index (κ3) is 3.07. The van der Waals surface area contributed by atoms with Crippen LogP contribution in [0.4, 0.5) is 0 Å². The Bertz CT molecular complexity index is 509. The highest BCUT2D eigenvalue weighted by atomic mass is 16.1. The van der Waals surface area contributed by atoms with Crippen molar-refractivity contribution < 1.29 is 4.79 Å². The number of rotatable bonds is 4. The summed E-state index contributed by atoms with van der Waals surface area (Å²) in [5, 5.41) is 6.54. The highest BCUT2D eigenvalue weighted by Crippen LogP contribution is 2.61. The number of carbonyl (C=O) groups excluding carboxylic acids is 1. The molecule has 1 unspecified atom stereocenters. The number of nitrogens with zero attached hydrogens (tertiary/aromatic N) is 2. The molecule has 2 aliphatic carbocycles. The second-order valence-corrected chi connectivity index (χ2v) is 8.29. The Hall–Kier alpha value is -1.26. The summed E-state index contributed by atoms with van der Waals surface area (Å²) >= 11 is 0. The minimum Gasteiger partial charge on any atom is -0.357 e. The van der Waals surface area contributed by atoms with Gasteiger partial charge in [-0.2, -0.15) is 0 Å². The lowest BCUT2D eigenvalue weighted by Gasteiger charge is -2.41. The first-order valence-corrected chi connectivity index (χ1v) is 9.45. The number of amides is 1. The molecule has 1 spiro atoms. The third-order valence-corrected chi connectivity index (χ3v) is 6.37. The van der Waals surface area contributed by atoms with Crippen LogP contribution in [0.5, 0.6) is 0 Å². The number of carbonyl (C=O) groups is 1. The molecule has 2 N–H and O–H groups in total. The van der Waals surface area contributed by atoms with Crippen molar-refractivity contribution in [3.05, 3.63) is 0 Å². The molecule has 2 saturated carbocycles. The normalized spacial score (nSPS) is 33.0. The molecule has 2 aliphatic heterocycles. The Kier molecular flexibility index (Phi) is 3.77. The minimum absolute atomic E-state index is 0.138. The van der Waals surface area contributed by atoms with E-state index in [0.29, 0.717) is 11.8 Å². The molecule has 4 rings (SSSR count). The third-order valence-electron chi connectivity index (χ3n) is 6.37. The van der Waals surface area contributed by atoms with Crippen LogP contribution in [0.3, 0.4) is 0 Å². The number of aliphatic imine (C=N–C) groups is 1. The number of guanidine groups is 1. The second-order valence-electron chi connectivity index (χ2n) is 8.29. The van der Waals surface area contributed by atoms with Crippen LogP contribution in [0.1, 0.15) is 51.9 Å². The van der Waals surface area contributed by atoms with Gasteiger partial charge in [0.15, 0.2) is 5.96 Å². The molecule has 5 heteroatoms. The van der Waals surface area contributed by atoms with Crippen LogP contribution < -0.4 is 10.6 Å². The van der Waals surface area contributed by atoms with E-state index in [1.54, 1.807) is 0 Å². The zero-order chi connectivity index (χ0) is 15.9. The van der Waals surface area contributed by atoms with Crippen molar-refractivity contribution in [2.24, 2.45) is 21.7 Å². The van der Waals surface area contributed by atoms with Gasteiger partial charge in [-0.25, -0.2) is 0 Å². The molecule has 128 valence electrons. The van der Waals surface area contributed by atoms with Crippen LogP contribution >= 0.6 is 0 Å². The summed E-state index contributed by atoms with van der Waals surface area (Å²) in [5.74, 6) is 2.26. The first-order valence-electron chi connectivity index (χ1n) is 9.45.